The lowest BCUT2D eigenvalue weighted by Gasteiger charge is -2.60. The summed E-state index contributed by atoms with van der Waals surface area (Å²) in [6.45, 7) is 9.24. The summed E-state index contributed by atoms with van der Waals surface area (Å²) in [6, 6.07) is 12.3. The molecule has 1 amide bonds. The monoisotopic (exact) mass is 704 g/mol. The van der Waals surface area contributed by atoms with Crippen molar-refractivity contribution in [2.45, 2.75) is 89.4 Å². The summed E-state index contributed by atoms with van der Waals surface area (Å²) < 4.78 is 19.6. The summed E-state index contributed by atoms with van der Waals surface area (Å²) in [4.78, 5) is 22.3. The molecule has 1 saturated carbocycles. The zero-order chi connectivity index (χ0) is 36.4. The molecule has 278 valence electrons. The first-order chi connectivity index (χ1) is 24.8. The second-order valence-corrected chi connectivity index (χ2v) is 13.8. The summed E-state index contributed by atoms with van der Waals surface area (Å²) in [5.74, 6) is -0.271. The number of aromatic hydroxyl groups is 1. The highest BCUT2D eigenvalue weighted by Gasteiger charge is 2.65. The molecule has 1 fully saturated rings. The number of oxime groups is 1. The number of fused-ring (bicyclic) bond motifs is 2. The molecule has 10 heteroatoms. The van der Waals surface area contributed by atoms with Gasteiger partial charge in [0.05, 0.1) is 31.8 Å². The fourth-order valence-electron chi connectivity index (χ4n) is 8.55. The number of amides is 1. The van der Waals surface area contributed by atoms with Crippen LogP contribution in [0.1, 0.15) is 82.3 Å². The van der Waals surface area contributed by atoms with Gasteiger partial charge in [0.1, 0.15) is 29.9 Å². The van der Waals surface area contributed by atoms with Gasteiger partial charge in [-0.15, -0.1) is 6.58 Å². The van der Waals surface area contributed by atoms with Gasteiger partial charge >= 0.3 is 0 Å². The zero-order valence-electron chi connectivity index (χ0n) is 30.5. The van der Waals surface area contributed by atoms with Crippen LogP contribution in [0.15, 0.2) is 71.9 Å². The summed E-state index contributed by atoms with van der Waals surface area (Å²) in [5.41, 5.74) is 3.48. The van der Waals surface area contributed by atoms with Crippen molar-refractivity contribution in [1.82, 2.24) is 4.90 Å². The molecule has 6 atom stereocenters. The van der Waals surface area contributed by atoms with E-state index in [0.717, 1.165) is 48.1 Å². The van der Waals surface area contributed by atoms with E-state index in [0.29, 0.717) is 50.3 Å². The summed E-state index contributed by atoms with van der Waals surface area (Å²) in [5, 5.41) is 35.1. The topological polar surface area (TPSA) is 130 Å². The number of aliphatic hydroxyl groups excluding tert-OH is 2. The molecule has 0 spiro atoms. The Morgan fingerprint density at radius 2 is 1.88 bits per heavy atom. The zero-order valence-corrected chi connectivity index (χ0v) is 30.5. The van der Waals surface area contributed by atoms with Crippen molar-refractivity contribution in [3.63, 3.8) is 0 Å². The molecule has 0 aromatic heterocycles. The fourth-order valence-corrected chi connectivity index (χ4v) is 8.55. The van der Waals surface area contributed by atoms with Crippen molar-refractivity contribution < 1.29 is 39.2 Å². The van der Waals surface area contributed by atoms with Gasteiger partial charge in [-0.2, -0.15) is 0 Å². The van der Waals surface area contributed by atoms with Crippen molar-refractivity contribution >= 4 is 11.6 Å². The fraction of sp³-hybridized carbons (Fsp3) is 0.561. The Morgan fingerprint density at radius 3 is 2.59 bits per heavy atom. The Labute approximate surface area is 302 Å². The molecule has 1 aliphatic heterocycles. The standard InChI is InChI=1S/C41H56N2O8/c1-5-19-43(38(47)24-28-13-12-15-31(23-28)48-4)37-27-35(42-50-7-3)33-25-29(14-8-10-20-44)32(16-9-11-21-45)39-34-26-30(46)17-18-36(34)51-41(37,40(33)39)49-22-6-2/h6,12-13,15,17-18,23,25-26,29,32,37,39-40,44-46H,2,5,7-11,14,16,19-22,24,27H2,1,3-4H3. The van der Waals surface area contributed by atoms with Gasteiger partial charge in [-0.25, -0.2) is 0 Å². The average molecular weight is 705 g/mol. The molecule has 5 rings (SSSR count). The minimum Gasteiger partial charge on any atom is -0.508 e. The predicted molar refractivity (Wildman–Crippen MR) is 197 cm³/mol. The lowest BCUT2D eigenvalue weighted by atomic mass is 9.55. The van der Waals surface area contributed by atoms with Gasteiger partial charge in [-0.1, -0.05) is 49.2 Å². The van der Waals surface area contributed by atoms with Crippen LogP contribution in [0.4, 0.5) is 0 Å². The van der Waals surface area contributed by atoms with Gasteiger partial charge < -0.3 is 39.3 Å². The van der Waals surface area contributed by atoms with Gasteiger partial charge in [0, 0.05) is 37.7 Å². The smallest absolute Gasteiger partial charge is 0.239 e. The molecule has 51 heavy (non-hydrogen) atoms. The number of aliphatic hydroxyl groups is 2. The number of nitrogens with zero attached hydrogens (tertiary/aromatic N) is 2. The number of benzene rings is 2. The lowest BCUT2D eigenvalue weighted by molar-refractivity contribution is -0.257. The highest BCUT2D eigenvalue weighted by Crippen LogP contribution is 2.61. The van der Waals surface area contributed by atoms with E-state index in [-0.39, 0.29) is 55.7 Å². The van der Waals surface area contributed by atoms with Crippen LogP contribution >= 0.6 is 0 Å². The van der Waals surface area contributed by atoms with Crippen molar-refractivity contribution in [3.8, 4) is 17.2 Å². The number of allylic oxidation sites excluding steroid dienone is 1. The third kappa shape index (κ3) is 8.29. The Balaban J connectivity index is 1.73. The number of methoxy groups -OCH3 is 1. The van der Waals surface area contributed by atoms with Crippen LogP contribution in [-0.4, -0.2) is 83.7 Å². The second-order valence-electron chi connectivity index (χ2n) is 13.8. The number of hydrogen-bond acceptors (Lipinski definition) is 9. The van der Waals surface area contributed by atoms with E-state index >= 15 is 0 Å². The third-order valence-corrected chi connectivity index (χ3v) is 10.6. The predicted octanol–water partition coefficient (Wildman–Crippen LogP) is 6.54. The molecule has 2 aliphatic carbocycles. The highest BCUT2D eigenvalue weighted by molar-refractivity contribution is 6.03. The Morgan fingerprint density at radius 1 is 1.10 bits per heavy atom. The molecule has 0 bridgehead atoms. The van der Waals surface area contributed by atoms with Crippen LogP contribution in [0.5, 0.6) is 17.2 Å². The average Bonchev–Trinajstić information content (AvgIpc) is 3.13. The van der Waals surface area contributed by atoms with Gasteiger partial charge in [0.25, 0.3) is 0 Å². The molecule has 6 unspecified atom stereocenters. The van der Waals surface area contributed by atoms with E-state index in [9.17, 15) is 20.1 Å². The minimum absolute atomic E-state index is 0.0614. The maximum absolute atomic E-state index is 14.6. The molecule has 2 aromatic rings. The van der Waals surface area contributed by atoms with E-state index in [4.69, 9.17) is 24.2 Å². The number of rotatable bonds is 19. The van der Waals surface area contributed by atoms with E-state index in [1.54, 1.807) is 19.3 Å². The van der Waals surface area contributed by atoms with Crippen molar-refractivity contribution in [2.24, 2.45) is 22.9 Å². The normalized spacial score (nSPS) is 25.6. The Bertz CT molecular complexity index is 1540. The lowest BCUT2D eigenvalue weighted by Crippen LogP contribution is -2.70. The maximum Gasteiger partial charge on any atom is 0.239 e. The van der Waals surface area contributed by atoms with Crippen LogP contribution in [0, 0.1) is 17.8 Å². The first-order valence-corrected chi connectivity index (χ1v) is 18.7. The van der Waals surface area contributed by atoms with Crippen LogP contribution < -0.4 is 9.47 Å². The quantitative estimate of drug-likeness (QED) is 0.0855. The molecular weight excluding hydrogens is 648 g/mol. The summed E-state index contributed by atoms with van der Waals surface area (Å²) >= 11 is 0. The van der Waals surface area contributed by atoms with Crippen molar-refractivity contribution in [2.75, 3.05) is 40.1 Å². The molecule has 10 nitrogen and oxygen atoms in total. The first-order valence-electron chi connectivity index (χ1n) is 18.7. The number of ether oxygens (including phenoxy) is 3. The van der Waals surface area contributed by atoms with Crippen LogP contribution in [0.3, 0.4) is 0 Å². The molecule has 0 saturated heterocycles. The third-order valence-electron chi connectivity index (χ3n) is 10.6. The molecule has 3 aliphatic rings. The molecule has 1 heterocycles. The maximum atomic E-state index is 14.6. The van der Waals surface area contributed by atoms with Crippen molar-refractivity contribution in [1.29, 1.82) is 0 Å². The number of phenols is 1. The number of carbonyl (C=O) groups excluding carboxylic acids is 1. The van der Waals surface area contributed by atoms with E-state index < -0.39 is 17.7 Å². The molecule has 3 N–H and O–H groups in total. The summed E-state index contributed by atoms with van der Waals surface area (Å²) in [7, 11) is 1.62. The largest absolute Gasteiger partial charge is 0.508 e. The first kappa shape index (κ1) is 38.4. The Kier molecular flexibility index (Phi) is 13.6. The van der Waals surface area contributed by atoms with Crippen molar-refractivity contribution in [3.05, 3.63) is 77.9 Å². The molecule has 2 aromatic carbocycles. The number of carbonyl (C=O) groups is 1. The minimum atomic E-state index is -1.32. The van der Waals surface area contributed by atoms with Gasteiger partial charge in [-0.05, 0) is 92.3 Å². The summed E-state index contributed by atoms with van der Waals surface area (Å²) in [6.07, 6.45) is 10.0. The number of phenolic OH excluding ortho intramolecular Hbond substituents is 1. The number of hydrogen-bond donors (Lipinski definition) is 3. The molecule has 0 radical (unpaired) electrons. The molecular formula is C41H56N2O8. The van der Waals surface area contributed by atoms with Gasteiger partial charge in [0.2, 0.25) is 11.7 Å². The SMILES string of the molecule is C=CCOC12Oc3ccc(O)cc3C3C(CCCCO)C(CCCCO)C=C(C(=NOCC)CC1N(CCC)C(=O)Cc1cccc(OC)c1)C32. The van der Waals surface area contributed by atoms with Gasteiger partial charge in [-0.3, -0.25) is 4.79 Å². The van der Waals surface area contributed by atoms with Crippen LogP contribution in [0.25, 0.3) is 0 Å². The van der Waals surface area contributed by atoms with Gasteiger partial charge in [0.15, 0.2) is 0 Å². The number of unbranched alkanes of at least 4 members (excludes halogenated alkanes) is 2. The van der Waals surface area contributed by atoms with Crippen LogP contribution in [0.2, 0.25) is 0 Å². The second kappa shape index (κ2) is 18.1. The van der Waals surface area contributed by atoms with E-state index in [2.05, 4.69) is 19.6 Å². The van der Waals surface area contributed by atoms with E-state index in [1.807, 2.05) is 48.2 Å². The van der Waals surface area contributed by atoms with E-state index in [1.165, 1.54) is 0 Å². The Hall–Kier alpha value is -3.86. The highest BCUT2D eigenvalue weighted by atomic mass is 16.7. The van der Waals surface area contributed by atoms with Crippen LogP contribution in [-0.2, 0) is 20.8 Å².